The lowest BCUT2D eigenvalue weighted by Crippen LogP contribution is -2.33. The van der Waals surface area contributed by atoms with E-state index in [1.54, 1.807) is 19.2 Å². The number of carbonyl (C=O) groups excluding carboxylic acids is 1. The molecule has 0 saturated heterocycles. The Morgan fingerprint density at radius 2 is 1.77 bits per heavy atom. The molecule has 0 bridgehead atoms. The molecule has 1 atom stereocenters. The van der Waals surface area contributed by atoms with Crippen LogP contribution in [0.15, 0.2) is 54.6 Å². The zero-order valence-electron chi connectivity index (χ0n) is 17.4. The van der Waals surface area contributed by atoms with Gasteiger partial charge in [-0.05, 0) is 44.2 Å². The van der Waals surface area contributed by atoms with Gasteiger partial charge in [0, 0.05) is 17.0 Å². The predicted molar refractivity (Wildman–Crippen MR) is 113 cm³/mol. The molecule has 1 aromatic heterocycles. The number of hydrogen-bond donors (Lipinski definition) is 0. The van der Waals surface area contributed by atoms with Gasteiger partial charge in [-0.2, -0.15) is 0 Å². The van der Waals surface area contributed by atoms with Crippen LogP contribution < -0.4 is 18.9 Å². The number of hydrogen-bond acceptors (Lipinski definition) is 5. The fraction of sp³-hybridized carbons (Fsp3) is 0.292. The van der Waals surface area contributed by atoms with Crippen molar-refractivity contribution in [3.05, 3.63) is 71.5 Å². The number of fused-ring (bicyclic) bond motifs is 1. The first-order valence-electron chi connectivity index (χ1n) is 9.91. The predicted octanol–water partition coefficient (Wildman–Crippen LogP) is 4.22. The van der Waals surface area contributed by atoms with Gasteiger partial charge in [0.2, 0.25) is 5.78 Å². The van der Waals surface area contributed by atoms with Gasteiger partial charge in [-0.15, -0.1) is 0 Å². The normalized spacial score (nSPS) is 15.0. The van der Waals surface area contributed by atoms with Crippen LogP contribution in [0.4, 0.5) is 0 Å². The topological polar surface area (TPSA) is 58.9 Å². The summed E-state index contributed by atoms with van der Waals surface area (Å²) in [5.74, 6) is 2.59. The Kier molecular flexibility index (Phi) is 5.65. The number of rotatable bonds is 7. The van der Waals surface area contributed by atoms with Crippen molar-refractivity contribution in [2.75, 3.05) is 20.3 Å². The number of methoxy groups -OCH3 is 1. The third-order valence-corrected chi connectivity index (χ3v) is 5.26. The molecular weight excluding hydrogens is 382 g/mol. The van der Waals surface area contributed by atoms with Crippen molar-refractivity contribution in [2.24, 2.45) is 0 Å². The Labute approximate surface area is 175 Å². The summed E-state index contributed by atoms with van der Waals surface area (Å²) in [5.41, 5.74) is 2.54. The maximum atomic E-state index is 12.8. The Hall–Kier alpha value is -3.41. The van der Waals surface area contributed by atoms with E-state index < -0.39 is 0 Å². The molecule has 1 aliphatic rings. The molecule has 1 aliphatic heterocycles. The molecule has 0 fully saturated rings. The van der Waals surface area contributed by atoms with Crippen molar-refractivity contribution in [3.8, 4) is 23.0 Å². The highest BCUT2D eigenvalue weighted by molar-refractivity contribution is 5.98. The number of benzene rings is 2. The maximum absolute atomic E-state index is 12.8. The molecule has 6 heteroatoms. The zero-order valence-corrected chi connectivity index (χ0v) is 17.4. The van der Waals surface area contributed by atoms with Crippen LogP contribution in [-0.4, -0.2) is 36.8 Å². The van der Waals surface area contributed by atoms with E-state index in [4.69, 9.17) is 18.9 Å². The summed E-state index contributed by atoms with van der Waals surface area (Å²) in [5, 5.41) is 0. The van der Waals surface area contributed by atoms with E-state index in [9.17, 15) is 4.79 Å². The number of para-hydroxylation sites is 4. The summed E-state index contributed by atoms with van der Waals surface area (Å²) in [6, 6.07) is 16.8. The van der Waals surface area contributed by atoms with Crippen LogP contribution in [0.2, 0.25) is 0 Å². The largest absolute Gasteiger partial charge is 0.493 e. The van der Waals surface area contributed by atoms with Crippen molar-refractivity contribution in [3.63, 3.8) is 0 Å². The average molecular weight is 407 g/mol. The van der Waals surface area contributed by atoms with Crippen molar-refractivity contribution in [1.29, 1.82) is 0 Å². The number of nitrogens with zero attached hydrogens (tertiary/aromatic N) is 1. The first-order valence-corrected chi connectivity index (χ1v) is 9.91. The van der Waals surface area contributed by atoms with Gasteiger partial charge in [-0.1, -0.05) is 24.3 Å². The molecule has 0 amide bonds. The van der Waals surface area contributed by atoms with Gasteiger partial charge in [0.05, 0.1) is 13.7 Å². The van der Waals surface area contributed by atoms with Crippen LogP contribution >= 0.6 is 0 Å². The van der Waals surface area contributed by atoms with Crippen molar-refractivity contribution >= 4 is 5.78 Å². The second-order valence-corrected chi connectivity index (χ2v) is 7.26. The molecule has 0 N–H and O–H groups in total. The summed E-state index contributed by atoms with van der Waals surface area (Å²) in [4.78, 5) is 12.8. The zero-order chi connectivity index (χ0) is 21.1. The van der Waals surface area contributed by atoms with E-state index in [2.05, 4.69) is 4.57 Å². The van der Waals surface area contributed by atoms with Gasteiger partial charge in [0.1, 0.15) is 6.61 Å². The molecule has 2 heterocycles. The van der Waals surface area contributed by atoms with E-state index >= 15 is 0 Å². The van der Waals surface area contributed by atoms with Gasteiger partial charge in [0.15, 0.2) is 35.7 Å². The Bertz CT molecular complexity index is 1060. The summed E-state index contributed by atoms with van der Waals surface area (Å²) in [6.07, 6.45) is -0.127. The molecular formula is C24H25NO5. The summed E-state index contributed by atoms with van der Waals surface area (Å²) in [6.45, 7) is 4.95. The lowest BCUT2D eigenvalue weighted by atomic mass is 10.1. The Balaban J connectivity index is 1.45. The first-order chi connectivity index (χ1) is 14.6. The SMILES string of the molecule is COc1ccccc1OCC(=O)c1cc(C)n(C[C@@H]2COc3ccccc3O2)c1C. The molecule has 0 radical (unpaired) electrons. The smallest absolute Gasteiger partial charge is 0.202 e. The molecule has 4 rings (SSSR count). The van der Waals surface area contributed by atoms with E-state index in [1.807, 2.05) is 56.3 Å². The Morgan fingerprint density at radius 1 is 1.07 bits per heavy atom. The molecule has 0 aliphatic carbocycles. The molecule has 2 aromatic carbocycles. The minimum atomic E-state index is -0.127. The molecule has 156 valence electrons. The number of ether oxygens (including phenoxy) is 4. The van der Waals surface area contributed by atoms with Crippen LogP contribution in [0, 0.1) is 13.8 Å². The lowest BCUT2D eigenvalue weighted by molar-refractivity contribution is 0.0777. The molecule has 30 heavy (non-hydrogen) atoms. The van der Waals surface area contributed by atoms with E-state index in [0.29, 0.717) is 30.2 Å². The van der Waals surface area contributed by atoms with Crippen LogP contribution in [-0.2, 0) is 6.54 Å². The molecule has 6 nitrogen and oxygen atoms in total. The molecule has 0 saturated carbocycles. The first kappa shape index (κ1) is 19.9. The van der Waals surface area contributed by atoms with Crippen molar-refractivity contribution in [2.45, 2.75) is 26.5 Å². The summed E-state index contributed by atoms with van der Waals surface area (Å²) < 4.78 is 25.0. The van der Waals surface area contributed by atoms with Crippen molar-refractivity contribution < 1.29 is 23.7 Å². The van der Waals surface area contributed by atoms with Crippen LogP contribution in [0.5, 0.6) is 23.0 Å². The number of aromatic nitrogens is 1. The average Bonchev–Trinajstić information content (AvgIpc) is 3.06. The van der Waals surface area contributed by atoms with Gasteiger partial charge < -0.3 is 23.5 Å². The van der Waals surface area contributed by atoms with Gasteiger partial charge in [0.25, 0.3) is 0 Å². The quantitative estimate of drug-likeness (QED) is 0.549. The fourth-order valence-corrected chi connectivity index (χ4v) is 3.68. The maximum Gasteiger partial charge on any atom is 0.202 e. The van der Waals surface area contributed by atoms with Crippen LogP contribution in [0.25, 0.3) is 0 Å². The highest BCUT2D eigenvalue weighted by Crippen LogP contribution is 2.32. The summed E-state index contributed by atoms with van der Waals surface area (Å²) >= 11 is 0. The highest BCUT2D eigenvalue weighted by Gasteiger charge is 2.24. The lowest BCUT2D eigenvalue weighted by Gasteiger charge is -2.27. The molecule has 3 aromatic rings. The second kappa shape index (κ2) is 8.53. The molecule has 0 unspecified atom stereocenters. The minimum Gasteiger partial charge on any atom is -0.493 e. The highest BCUT2D eigenvalue weighted by atomic mass is 16.6. The second-order valence-electron chi connectivity index (χ2n) is 7.26. The number of aryl methyl sites for hydroxylation is 1. The van der Waals surface area contributed by atoms with Gasteiger partial charge in [-0.3, -0.25) is 4.79 Å². The number of carbonyl (C=O) groups is 1. The van der Waals surface area contributed by atoms with E-state index in [-0.39, 0.29) is 18.5 Å². The van der Waals surface area contributed by atoms with Crippen LogP contribution in [0.1, 0.15) is 21.7 Å². The van der Waals surface area contributed by atoms with Gasteiger partial charge in [-0.25, -0.2) is 0 Å². The van der Waals surface area contributed by atoms with Gasteiger partial charge >= 0.3 is 0 Å². The fourth-order valence-electron chi connectivity index (χ4n) is 3.68. The van der Waals surface area contributed by atoms with E-state index in [0.717, 1.165) is 22.9 Å². The minimum absolute atomic E-state index is 0.0545. The third kappa shape index (κ3) is 3.99. The van der Waals surface area contributed by atoms with Crippen LogP contribution in [0.3, 0.4) is 0 Å². The Morgan fingerprint density at radius 3 is 2.53 bits per heavy atom. The van der Waals surface area contributed by atoms with Crippen molar-refractivity contribution in [1.82, 2.24) is 4.57 Å². The standard InChI is InChI=1S/C24H25NO5/c1-16-12-19(20(26)15-29-22-9-5-4-8-21(22)27-3)17(2)25(16)13-18-14-28-23-10-6-7-11-24(23)30-18/h4-12,18H,13-15H2,1-3H3/t18-/m1/s1. The number of Topliss-reactive ketones (excluding diaryl/α,β-unsaturated/α-hetero) is 1. The number of ketones is 1. The monoisotopic (exact) mass is 407 g/mol. The molecule has 0 spiro atoms. The van der Waals surface area contributed by atoms with E-state index in [1.165, 1.54) is 0 Å². The third-order valence-electron chi connectivity index (χ3n) is 5.26. The summed E-state index contributed by atoms with van der Waals surface area (Å²) in [7, 11) is 1.58.